The van der Waals surface area contributed by atoms with Crippen LogP contribution in [-0.2, 0) is 53.4 Å². The zero-order chi connectivity index (χ0) is 36.9. The van der Waals surface area contributed by atoms with E-state index >= 15 is 0 Å². The summed E-state index contributed by atoms with van der Waals surface area (Å²) in [5.74, 6) is -3.10. The predicted molar refractivity (Wildman–Crippen MR) is 185 cm³/mol. The molecule has 0 spiro atoms. The topological polar surface area (TPSA) is 181 Å². The first-order valence-corrected chi connectivity index (χ1v) is 19.4. The van der Waals surface area contributed by atoms with Crippen LogP contribution in [0.5, 0.6) is 0 Å². The molecule has 0 aromatic heterocycles. The van der Waals surface area contributed by atoms with E-state index in [1.165, 1.54) is 11.0 Å². The lowest BCUT2D eigenvalue weighted by Gasteiger charge is -2.31. The van der Waals surface area contributed by atoms with Crippen molar-refractivity contribution in [2.45, 2.75) is 115 Å². The molecular formula is C36H49N5O9S. The lowest BCUT2D eigenvalue weighted by atomic mass is 9.86. The molecule has 4 bridgehead atoms. The molecule has 0 unspecified atom stereocenters. The van der Waals surface area contributed by atoms with Crippen LogP contribution in [0.15, 0.2) is 30.9 Å². The highest BCUT2D eigenvalue weighted by Crippen LogP contribution is 2.45. The highest BCUT2D eigenvalue weighted by molar-refractivity contribution is 7.91. The van der Waals surface area contributed by atoms with Gasteiger partial charge in [-0.05, 0) is 66.5 Å². The van der Waals surface area contributed by atoms with E-state index in [9.17, 15) is 32.4 Å². The number of alkyl carbamates (subject to hydrolysis) is 1. The lowest BCUT2D eigenvalue weighted by molar-refractivity contribution is -0.141. The van der Waals surface area contributed by atoms with Crippen LogP contribution in [0.3, 0.4) is 0 Å². The Morgan fingerprint density at radius 1 is 1.12 bits per heavy atom. The van der Waals surface area contributed by atoms with Crippen LogP contribution < -0.4 is 15.4 Å². The van der Waals surface area contributed by atoms with E-state index in [2.05, 4.69) is 28.0 Å². The van der Waals surface area contributed by atoms with Crippen molar-refractivity contribution in [2.75, 3.05) is 13.2 Å². The number of carbonyl (C=O) groups is 5. The monoisotopic (exact) mass is 727 g/mol. The van der Waals surface area contributed by atoms with E-state index in [0.717, 1.165) is 36.0 Å². The van der Waals surface area contributed by atoms with Gasteiger partial charge in [0.1, 0.15) is 23.7 Å². The van der Waals surface area contributed by atoms with Crippen LogP contribution in [0.25, 0.3) is 0 Å². The summed E-state index contributed by atoms with van der Waals surface area (Å²) in [7, 11) is -3.90. The van der Waals surface area contributed by atoms with E-state index in [-0.39, 0.29) is 31.4 Å². The second-order valence-electron chi connectivity index (χ2n) is 15.8. The molecule has 5 aliphatic rings. The maximum Gasteiger partial charge on any atom is 0.410 e. The number of cyclic esters (lactones) is 1. The molecule has 278 valence electrons. The summed E-state index contributed by atoms with van der Waals surface area (Å²) in [6, 6.07) is 3.76. The van der Waals surface area contributed by atoms with Crippen LogP contribution in [0.1, 0.15) is 82.9 Å². The van der Waals surface area contributed by atoms with Gasteiger partial charge >= 0.3 is 12.2 Å². The average molecular weight is 728 g/mol. The van der Waals surface area contributed by atoms with Gasteiger partial charge in [0.15, 0.2) is 0 Å². The average Bonchev–Trinajstić information content (AvgIpc) is 3.96. The van der Waals surface area contributed by atoms with Crippen molar-refractivity contribution in [2.24, 2.45) is 17.3 Å². The molecule has 51 heavy (non-hydrogen) atoms. The highest BCUT2D eigenvalue weighted by atomic mass is 32.2. The molecule has 5 atom stereocenters. The number of ether oxygens (including phenoxy) is 2. The number of rotatable bonds is 7. The number of amides is 5. The number of fused-ring (bicyclic) bond motifs is 3. The molecular weight excluding hydrogens is 678 g/mol. The molecule has 14 nitrogen and oxygen atoms in total. The van der Waals surface area contributed by atoms with Gasteiger partial charge in [0.05, 0.1) is 18.4 Å². The highest BCUT2D eigenvalue weighted by Gasteiger charge is 2.62. The van der Waals surface area contributed by atoms with E-state index in [4.69, 9.17) is 9.47 Å². The fourth-order valence-electron chi connectivity index (χ4n) is 7.42. The maximum absolute atomic E-state index is 14.2. The van der Waals surface area contributed by atoms with Gasteiger partial charge in [-0.1, -0.05) is 52.0 Å². The molecule has 6 rings (SSSR count). The molecule has 5 amide bonds. The van der Waals surface area contributed by atoms with Gasteiger partial charge in [0.25, 0.3) is 5.91 Å². The summed E-state index contributed by atoms with van der Waals surface area (Å²) < 4.78 is 39.0. The van der Waals surface area contributed by atoms with Crippen LogP contribution >= 0.6 is 0 Å². The number of carbonyl (C=O) groups excluding carboxylic acids is 5. The third-order valence-electron chi connectivity index (χ3n) is 10.8. The number of aryl methyl sites for hydroxylation is 1. The molecule has 3 heterocycles. The van der Waals surface area contributed by atoms with Gasteiger partial charge in [-0.25, -0.2) is 18.0 Å². The molecule has 15 heteroatoms. The smallest absolute Gasteiger partial charge is 0.410 e. The standard InChI is InChI=1S/C36H49N5O9S/c1-6-24-16-36(24,32(44)39-51(47,48)26-12-13-26)38-30(42)28-15-25-18-41(28)31(43)29(21(2)3)37-33(45)49-20-35(4,5)14-8-11-22-9-7-10-23-17-40(19-27(22)23)34(46)50-25/h6-7,9-10,21,24-26,28-29H,1,8,11-20H2,2-5H3,(H,37,45)(H,38,42)(H,39,44)/t24-,25-,28+,29+,36-/m1/s1. The quantitative estimate of drug-likeness (QED) is 0.356. The zero-order valence-corrected chi connectivity index (χ0v) is 30.6. The molecule has 2 aliphatic carbocycles. The Balaban J connectivity index is 1.27. The second-order valence-corrected chi connectivity index (χ2v) is 17.8. The van der Waals surface area contributed by atoms with Crippen molar-refractivity contribution in [3.05, 3.63) is 47.5 Å². The summed E-state index contributed by atoms with van der Waals surface area (Å²) in [6.45, 7) is 12.0. The van der Waals surface area contributed by atoms with Crippen molar-refractivity contribution in [1.82, 2.24) is 25.2 Å². The minimum Gasteiger partial charge on any atom is -0.449 e. The lowest BCUT2D eigenvalue weighted by Crippen LogP contribution is -2.59. The van der Waals surface area contributed by atoms with Gasteiger partial charge < -0.3 is 25.0 Å². The van der Waals surface area contributed by atoms with Crippen molar-refractivity contribution in [3.8, 4) is 0 Å². The molecule has 0 radical (unpaired) electrons. The number of hydrogen-bond acceptors (Lipinski definition) is 9. The fourth-order valence-corrected chi connectivity index (χ4v) is 8.78. The number of nitrogens with zero attached hydrogens (tertiary/aromatic N) is 2. The van der Waals surface area contributed by atoms with Crippen molar-refractivity contribution in [1.29, 1.82) is 0 Å². The second kappa shape index (κ2) is 13.8. The van der Waals surface area contributed by atoms with Gasteiger partial charge in [0.2, 0.25) is 21.8 Å². The number of hydrogen-bond donors (Lipinski definition) is 3. The minimum atomic E-state index is -3.90. The predicted octanol–water partition coefficient (Wildman–Crippen LogP) is 2.89. The van der Waals surface area contributed by atoms with Crippen molar-refractivity contribution < 1.29 is 41.9 Å². The van der Waals surface area contributed by atoms with Crippen molar-refractivity contribution >= 4 is 39.9 Å². The van der Waals surface area contributed by atoms with E-state index < -0.39 is 80.7 Å². The van der Waals surface area contributed by atoms with Gasteiger partial charge in [-0.15, -0.1) is 6.58 Å². The normalized spacial score (nSPS) is 29.5. The van der Waals surface area contributed by atoms with E-state index in [1.807, 2.05) is 26.0 Å². The van der Waals surface area contributed by atoms with Crippen LogP contribution in [0, 0.1) is 17.3 Å². The Kier molecular flexibility index (Phi) is 9.90. The third kappa shape index (κ3) is 7.73. The maximum atomic E-state index is 14.2. The Labute approximate surface area is 299 Å². The van der Waals surface area contributed by atoms with Crippen molar-refractivity contribution in [3.63, 3.8) is 0 Å². The summed E-state index contributed by atoms with van der Waals surface area (Å²) >= 11 is 0. The Morgan fingerprint density at radius 3 is 2.51 bits per heavy atom. The molecule has 3 fully saturated rings. The number of benzene rings is 1. The Morgan fingerprint density at radius 2 is 1.84 bits per heavy atom. The molecule has 1 saturated heterocycles. The van der Waals surface area contributed by atoms with Gasteiger partial charge in [-0.2, -0.15) is 0 Å². The summed E-state index contributed by atoms with van der Waals surface area (Å²) in [4.78, 5) is 71.3. The minimum absolute atomic E-state index is 0.0738. The molecule has 1 aromatic carbocycles. The SMILES string of the molecule is C=C[C@@H]1C[C@]1(NC(=O)[C@@H]1C[C@@H]2CN1C(=O)[C@H](C(C)C)NC(=O)OCC(C)(C)CCCc1cccc3c1CN(C3)C(=O)O2)C(=O)NS(=O)(=O)C1CC1. The summed E-state index contributed by atoms with van der Waals surface area (Å²) in [6.07, 6.45) is 2.63. The summed E-state index contributed by atoms with van der Waals surface area (Å²) in [5, 5.41) is 4.78. The number of sulfonamides is 1. The Hall–Kier alpha value is -4.14. The first-order valence-electron chi connectivity index (χ1n) is 17.8. The molecule has 2 saturated carbocycles. The van der Waals surface area contributed by atoms with E-state index in [0.29, 0.717) is 25.9 Å². The van der Waals surface area contributed by atoms with Crippen LogP contribution in [0.4, 0.5) is 9.59 Å². The molecule has 1 aromatic rings. The van der Waals surface area contributed by atoms with Gasteiger partial charge in [-0.3, -0.25) is 24.0 Å². The van der Waals surface area contributed by atoms with Crippen LogP contribution in [-0.4, -0.2) is 90.3 Å². The largest absolute Gasteiger partial charge is 0.449 e. The zero-order valence-electron chi connectivity index (χ0n) is 29.7. The van der Waals surface area contributed by atoms with Gasteiger partial charge in [0, 0.05) is 25.4 Å². The molecule has 3 N–H and O–H groups in total. The first-order chi connectivity index (χ1) is 24.0. The summed E-state index contributed by atoms with van der Waals surface area (Å²) in [5.41, 5.74) is 1.34. The number of nitrogens with one attached hydrogen (secondary N) is 3. The van der Waals surface area contributed by atoms with Crippen LogP contribution in [0.2, 0.25) is 0 Å². The third-order valence-corrected chi connectivity index (χ3v) is 12.6. The fraction of sp³-hybridized carbons (Fsp3) is 0.639. The first kappa shape index (κ1) is 36.6. The van der Waals surface area contributed by atoms with E-state index in [1.54, 1.807) is 18.7 Å². The molecule has 3 aliphatic heterocycles. The Bertz CT molecular complexity index is 1720.